The fourth-order valence-electron chi connectivity index (χ4n) is 5.62. The highest BCUT2D eigenvalue weighted by molar-refractivity contribution is 6.28. The molecule has 4 aliphatic carbocycles. The number of halogens is 1. The summed E-state index contributed by atoms with van der Waals surface area (Å²) < 4.78 is 1.79. The van der Waals surface area contributed by atoms with E-state index in [1.807, 2.05) is 6.20 Å². The number of carboxylic acid groups (broad SMARTS) is 1. The van der Waals surface area contributed by atoms with E-state index in [9.17, 15) is 9.90 Å². The highest BCUT2D eigenvalue weighted by Crippen LogP contribution is 2.56. The van der Waals surface area contributed by atoms with E-state index in [-0.39, 0.29) is 22.7 Å². The van der Waals surface area contributed by atoms with Gasteiger partial charge >= 0.3 is 5.97 Å². The average Bonchev–Trinajstić information content (AvgIpc) is 3.42. The maximum absolute atomic E-state index is 12.2. The second-order valence-electron chi connectivity index (χ2n) is 8.65. The van der Waals surface area contributed by atoms with Crippen molar-refractivity contribution >= 4 is 28.9 Å². The Labute approximate surface area is 163 Å². The lowest BCUT2D eigenvalue weighted by molar-refractivity contribution is -0.155. The summed E-state index contributed by atoms with van der Waals surface area (Å²) in [7, 11) is 0. The molecule has 2 bridgehead atoms. The smallest absolute Gasteiger partial charge is 0.309 e. The van der Waals surface area contributed by atoms with E-state index in [1.165, 1.54) is 18.4 Å². The first-order valence-corrected chi connectivity index (χ1v) is 10.4. The predicted octanol–water partition coefficient (Wildman–Crippen LogP) is 4.34. The molecular formula is C20H25ClN4O2. The van der Waals surface area contributed by atoms with Gasteiger partial charge in [-0.25, -0.2) is 4.52 Å². The number of carboxylic acids is 1. The zero-order valence-electron chi connectivity index (χ0n) is 15.5. The van der Waals surface area contributed by atoms with Crippen molar-refractivity contribution in [3.05, 3.63) is 23.1 Å². The molecule has 0 aromatic carbocycles. The van der Waals surface area contributed by atoms with Crippen LogP contribution in [0.2, 0.25) is 5.28 Å². The molecule has 2 aromatic heterocycles. The van der Waals surface area contributed by atoms with Gasteiger partial charge in [0.05, 0.1) is 5.92 Å². The molecule has 27 heavy (non-hydrogen) atoms. The number of hydrogen-bond donors (Lipinski definition) is 2. The number of hydrogen-bond acceptors (Lipinski definition) is 4. The van der Waals surface area contributed by atoms with Gasteiger partial charge in [-0.05, 0) is 85.4 Å². The molecule has 0 radical (unpaired) electrons. The van der Waals surface area contributed by atoms with E-state index < -0.39 is 5.97 Å². The van der Waals surface area contributed by atoms with Crippen LogP contribution in [0.15, 0.2) is 12.3 Å². The minimum Gasteiger partial charge on any atom is -0.481 e. The van der Waals surface area contributed by atoms with Gasteiger partial charge in [-0.1, -0.05) is 6.92 Å². The summed E-state index contributed by atoms with van der Waals surface area (Å²) in [5.74, 6) is 0.563. The van der Waals surface area contributed by atoms with E-state index >= 15 is 0 Å². The Bertz CT molecular complexity index is 899. The Morgan fingerprint density at radius 1 is 1.37 bits per heavy atom. The fourth-order valence-corrected chi connectivity index (χ4v) is 5.79. The molecule has 144 valence electrons. The van der Waals surface area contributed by atoms with Gasteiger partial charge in [0.15, 0.2) is 5.82 Å². The zero-order valence-corrected chi connectivity index (χ0v) is 16.2. The van der Waals surface area contributed by atoms with Crippen molar-refractivity contribution in [3.63, 3.8) is 0 Å². The van der Waals surface area contributed by atoms with Crippen molar-refractivity contribution in [1.29, 1.82) is 0 Å². The first-order valence-electron chi connectivity index (χ1n) is 10.1. The second kappa shape index (κ2) is 6.09. The molecule has 4 aliphatic rings. The molecule has 0 saturated heterocycles. The lowest BCUT2D eigenvalue weighted by Crippen LogP contribution is -2.57. The Balaban J connectivity index is 1.54. The minimum absolute atomic E-state index is 0.105. The number of aliphatic carboxylic acids is 1. The lowest BCUT2D eigenvalue weighted by atomic mass is 9.52. The first-order chi connectivity index (χ1) is 13.0. The summed E-state index contributed by atoms with van der Waals surface area (Å²) in [6.45, 7) is 2.13. The highest BCUT2D eigenvalue weighted by Gasteiger charge is 2.55. The number of fused-ring (bicyclic) bond motifs is 4. The molecule has 6 rings (SSSR count). The molecule has 2 atom stereocenters. The highest BCUT2D eigenvalue weighted by atomic mass is 35.5. The van der Waals surface area contributed by atoms with Crippen LogP contribution in [-0.4, -0.2) is 31.7 Å². The molecule has 0 aliphatic heterocycles. The van der Waals surface area contributed by atoms with Crippen LogP contribution >= 0.6 is 11.6 Å². The monoisotopic (exact) mass is 388 g/mol. The minimum atomic E-state index is -0.691. The van der Waals surface area contributed by atoms with E-state index in [2.05, 4.69) is 28.4 Å². The molecule has 2 N–H and O–H groups in total. The number of rotatable bonds is 5. The average molecular weight is 389 g/mol. The third-order valence-corrected chi connectivity index (χ3v) is 7.49. The van der Waals surface area contributed by atoms with Crippen LogP contribution < -0.4 is 5.32 Å². The molecule has 0 amide bonds. The third kappa shape index (κ3) is 2.72. The molecule has 4 saturated carbocycles. The third-order valence-electron chi connectivity index (χ3n) is 7.33. The predicted molar refractivity (Wildman–Crippen MR) is 103 cm³/mol. The van der Waals surface area contributed by atoms with Crippen LogP contribution in [0.5, 0.6) is 0 Å². The van der Waals surface area contributed by atoms with Crippen LogP contribution in [0, 0.1) is 17.3 Å². The van der Waals surface area contributed by atoms with Crippen molar-refractivity contribution < 1.29 is 9.90 Å². The number of aromatic nitrogens is 3. The van der Waals surface area contributed by atoms with Gasteiger partial charge in [0.2, 0.25) is 5.28 Å². The zero-order chi connectivity index (χ0) is 18.8. The molecular weight excluding hydrogens is 364 g/mol. The summed E-state index contributed by atoms with van der Waals surface area (Å²) in [5.41, 5.74) is 2.05. The molecule has 2 heterocycles. The van der Waals surface area contributed by atoms with E-state index in [1.54, 1.807) is 4.52 Å². The van der Waals surface area contributed by atoms with Crippen molar-refractivity contribution in [2.24, 2.45) is 17.3 Å². The van der Waals surface area contributed by atoms with E-state index in [4.69, 9.17) is 11.6 Å². The SMILES string of the molecule is CCC12CCC(CC1)[C@H](Nc1nc(Cl)nn3cc(C4CC4)cc13)[C@H]2C(=O)O. The Morgan fingerprint density at radius 3 is 2.74 bits per heavy atom. The van der Waals surface area contributed by atoms with Crippen LogP contribution in [0.1, 0.15) is 63.4 Å². The quantitative estimate of drug-likeness (QED) is 0.796. The van der Waals surface area contributed by atoms with E-state index in [0.717, 1.165) is 37.6 Å². The molecule has 7 heteroatoms. The molecule has 0 spiro atoms. The van der Waals surface area contributed by atoms with Crippen LogP contribution in [-0.2, 0) is 4.79 Å². The van der Waals surface area contributed by atoms with Crippen molar-refractivity contribution in [1.82, 2.24) is 14.6 Å². The Morgan fingerprint density at radius 2 is 2.11 bits per heavy atom. The maximum atomic E-state index is 12.2. The van der Waals surface area contributed by atoms with Crippen LogP contribution in [0.4, 0.5) is 5.82 Å². The van der Waals surface area contributed by atoms with Crippen molar-refractivity contribution in [2.75, 3.05) is 5.32 Å². The summed E-state index contributed by atoms with van der Waals surface area (Å²) in [5, 5.41) is 18.1. The van der Waals surface area contributed by atoms with Gasteiger partial charge in [0, 0.05) is 12.2 Å². The molecule has 6 nitrogen and oxygen atoms in total. The number of anilines is 1. The van der Waals surface area contributed by atoms with Crippen molar-refractivity contribution in [3.8, 4) is 0 Å². The lowest BCUT2D eigenvalue weighted by Gasteiger charge is -2.55. The van der Waals surface area contributed by atoms with Gasteiger partial charge in [-0.3, -0.25) is 4.79 Å². The van der Waals surface area contributed by atoms with Crippen LogP contribution in [0.25, 0.3) is 5.52 Å². The summed E-state index contributed by atoms with van der Waals surface area (Å²) in [6, 6.07) is 2.02. The summed E-state index contributed by atoms with van der Waals surface area (Å²) >= 11 is 6.18. The van der Waals surface area contributed by atoms with Gasteiger partial charge in [0.1, 0.15) is 5.52 Å². The summed E-state index contributed by atoms with van der Waals surface area (Å²) in [6.07, 6.45) is 9.56. The molecule has 4 fully saturated rings. The van der Waals surface area contributed by atoms with Crippen molar-refractivity contribution in [2.45, 2.75) is 63.8 Å². The summed E-state index contributed by atoms with van der Waals surface area (Å²) in [4.78, 5) is 16.7. The number of carbonyl (C=O) groups is 1. The largest absolute Gasteiger partial charge is 0.481 e. The Kier molecular flexibility index (Phi) is 3.90. The van der Waals surface area contributed by atoms with Gasteiger partial charge < -0.3 is 10.4 Å². The topological polar surface area (TPSA) is 79.5 Å². The van der Waals surface area contributed by atoms with Gasteiger partial charge in [0.25, 0.3) is 0 Å². The Hall–Kier alpha value is -1.82. The van der Waals surface area contributed by atoms with E-state index in [0.29, 0.717) is 17.7 Å². The fraction of sp³-hybridized carbons (Fsp3) is 0.650. The number of nitrogens with zero attached hydrogens (tertiary/aromatic N) is 3. The van der Waals surface area contributed by atoms with Crippen LogP contribution in [0.3, 0.4) is 0 Å². The second-order valence-corrected chi connectivity index (χ2v) is 8.98. The normalized spacial score (nSPS) is 32.7. The number of nitrogens with one attached hydrogen (secondary N) is 1. The standard InChI is InChI=1S/C20H25ClN4O2/c1-2-20-7-5-12(6-8-20)16(15(20)18(26)27)22-17-14-9-13(11-3-4-11)10-25(14)24-19(21)23-17/h9-12,15-16H,2-8H2,1H3,(H,26,27)(H,22,23,24)/t12?,15-,16-,20?/m0/s1. The maximum Gasteiger partial charge on any atom is 0.309 e. The van der Waals surface area contributed by atoms with Gasteiger partial charge in [-0.15, -0.1) is 5.10 Å². The van der Waals surface area contributed by atoms with Gasteiger partial charge in [-0.2, -0.15) is 4.98 Å². The molecule has 2 aromatic rings. The molecule has 0 unspecified atom stereocenters. The first kappa shape index (κ1) is 17.3.